The number of hydrogen-bond donors (Lipinski definition) is 1. The van der Waals surface area contributed by atoms with E-state index in [1.165, 1.54) is 6.07 Å². The first-order valence-electron chi connectivity index (χ1n) is 9.05. The summed E-state index contributed by atoms with van der Waals surface area (Å²) < 4.78 is 70.3. The summed E-state index contributed by atoms with van der Waals surface area (Å²) in [6.45, 7) is 1.29. The second kappa shape index (κ2) is 8.94. The number of nitrogens with zero attached hydrogens (tertiary/aromatic N) is 2. The molecule has 0 amide bonds. The van der Waals surface area contributed by atoms with E-state index in [2.05, 4.69) is 9.73 Å². The third kappa shape index (κ3) is 5.79. The lowest BCUT2D eigenvalue weighted by atomic mass is 9.93. The van der Waals surface area contributed by atoms with Crippen molar-refractivity contribution in [3.05, 3.63) is 52.9 Å². The maximum absolute atomic E-state index is 13.1. The Bertz CT molecular complexity index is 813. The van der Waals surface area contributed by atoms with Crippen LogP contribution in [0.5, 0.6) is 5.75 Å². The molecule has 0 saturated heterocycles. The third-order valence-corrected chi connectivity index (χ3v) is 4.89. The van der Waals surface area contributed by atoms with Crippen molar-refractivity contribution in [1.29, 1.82) is 0 Å². The molecule has 1 aromatic rings. The van der Waals surface area contributed by atoms with Crippen molar-refractivity contribution in [3.63, 3.8) is 0 Å². The Morgan fingerprint density at radius 2 is 2.07 bits per heavy atom. The summed E-state index contributed by atoms with van der Waals surface area (Å²) in [6.07, 6.45) is 1.10. The first kappa shape index (κ1) is 22.9. The predicted molar refractivity (Wildman–Crippen MR) is 102 cm³/mol. The molecule has 1 heterocycles. The lowest BCUT2D eigenvalue weighted by Gasteiger charge is -2.42. The van der Waals surface area contributed by atoms with Crippen LogP contribution in [0.15, 0.2) is 46.7 Å². The Morgan fingerprint density at radius 3 is 2.66 bits per heavy atom. The van der Waals surface area contributed by atoms with Crippen molar-refractivity contribution in [2.75, 3.05) is 20.1 Å². The summed E-state index contributed by atoms with van der Waals surface area (Å²) in [4.78, 5) is 4.19. The molecule has 1 aliphatic heterocycles. The second-order valence-corrected chi connectivity index (χ2v) is 7.36. The van der Waals surface area contributed by atoms with E-state index < -0.39 is 30.1 Å². The van der Waals surface area contributed by atoms with Crippen LogP contribution in [0, 0.1) is 0 Å². The van der Waals surface area contributed by atoms with Gasteiger partial charge in [0.25, 0.3) is 0 Å². The van der Waals surface area contributed by atoms with Gasteiger partial charge in [-0.3, -0.25) is 4.99 Å². The smallest absolute Gasteiger partial charge is 0.416 e. The molecule has 2 N–H and O–H groups in total. The minimum Gasteiger partial charge on any atom is -0.434 e. The molecular formula is C20H25F5N3O+. The number of alkyl halides is 5. The number of halogens is 5. The lowest BCUT2D eigenvalue weighted by molar-refractivity contribution is -0.928. The van der Waals surface area contributed by atoms with E-state index >= 15 is 0 Å². The molecule has 0 radical (unpaired) electrons. The number of likely N-dealkylation sites (N-methyl/N-ethyl adjacent to an activating group) is 1. The fourth-order valence-electron chi connectivity index (χ4n) is 3.55. The Balaban J connectivity index is 2.67. The fraction of sp³-hybridized carbons (Fsp3) is 0.450. The van der Waals surface area contributed by atoms with Gasteiger partial charge in [0.05, 0.1) is 31.3 Å². The maximum atomic E-state index is 13.1. The lowest BCUT2D eigenvalue weighted by Crippen LogP contribution is -2.49. The van der Waals surface area contributed by atoms with Crippen molar-refractivity contribution < 1.29 is 31.2 Å². The number of quaternary nitrogens is 1. The Hall–Kier alpha value is -2.42. The van der Waals surface area contributed by atoms with Gasteiger partial charge in [-0.1, -0.05) is 0 Å². The van der Waals surface area contributed by atoms with Crippen LogP contribution in [-0.4, -0.2) is 37.4 Å². The van der Waals surface area contributed by atoms with Gasteiger partial charge in [-0.15, -0.1) is 0 Å². The SMILES string of the molecule is C/C(N)=C\C[N+]1(C)CCC=N/C=C(\C)C1c1ccc(C(F)(F)F)cc1OC(F)F. The van der Waals surface area contributed by atoms with Crippen LogP contribution < -0.4 is 10.5 Å². The van der Waals surface area contributed by atoms with Gasteiger partial charge in [0.1, 0.15) is 11.8 Å². The van der Waals surface area contributed by atoms with Gasteiger partial charge in [-0.05, 0) is 38.1 Å². The highest BCUT2D eigenvalue weighted by molar-refractivity contribution is 5.58. The van der Waals surface area contributed by atoms with Crippen molar-refractivity contribution >= 4 is 6.21 Å². The minimum atomic E-state index is -4.67. The standard InChI is InChI=1S/C20H25F5N3O/c1-13-12-27-8-4-9-28(3,10-7-14(2)26)18(13)16-6-5-15(20(23,24)25)11-17(16)29-19(21)22/h5-8,11-12,18-19H,4,9-10,26H2,1-3H3/q+1/b13-12+,14-7+,27-8?. The highest BCUT2D eigenvalue weighted by Gasteiger charge is 2.39. The first-order valence-corrected chi connectivity index (χ1v) is 9.05. The molecule has 9 heteroatoms. The van der Waals surface area contributed by atoms with Gasteiger partial charge in [0, 0.05) is 30.1 Å². The van der Waals surface area contributed by atoms with Gasteiger partial charge in [0.2, 0.25) is 0 Å². The zero-order valence-corrected chi connectivity index (χ0v) is 16.5. The van der Waals surface area contributed by atoms with E-state index in [1.807, 2.05) is 13.1 Å². The van der Waals surface area contributed by atoms with Crippen LogP contribution >= 0.6 is 0 Å². The number of aliphatic imine (C=N–C) groups is 1. The Kier molecular flexibility index (Phi) is 7.05. The molecule has 0 spiro atoms. The molecular weight excluding hydrogens is 393 g/mol. The van der Waals surface area contributed by atoms with Gasteiger partial charge in [-0.25, -0.2) is 0 Å². The summed E-state index contributed by atoms with van der Waals surface area (Å²) in [7, 11) is 1.91. The van der Waals surface area contributed by atoms with Crippen LogP contribution in [0.1, 0.15) is 37.4 Å². The van der Waals surface area contributed by atoms with Gasteiger partial charge in [-0.2, -0.15) is 22.0 Å². The first-order chi connectivity index (χ1) is 13.4. The molecule has 1 aromatic carbocycles. The Labute approximate surface area is 166 Å². The summed E-state index contributed by atoms with van der Waals surface area (Å²) in [6, 6.07) is 2.19. The molecule has 0 fully saturated rings. The molecule has 160 valence electrons. The Morgan fingerprint density at radius 1 is 1.38 bits per heavy atom. The number of ether oxygens (including phenoxy) is 1. The highest BCUT2D eigenvalue weighted by Crippen LogP contribution is 2.42. The summed E-state index contributed by atoms with van der Waals surface area (Å²) in [5, 5.41) is 0. The average molecular weight is 418 g/mol. The molecule has 0 bridgehead atoms. The van der Waals surface area contributed by atoms with E-state index in [9.17, 15) is 22.0 Å². The number of allylic oxidation sites excluding steroid dienone is 1. The predicted octanol–water partition coefficient (Wildman–Crippen LogP) is 5.04. The average Bonchev–Trinajstić information content (AvgIpc) is 2.58. The van der Waals surface area contributed by atoms with Crippen molar-refractivity contribution in [3.8, 4) is 5.75 Å². The number of rotatable bonds is 5. The zero-order valence-electron chi connectivity index (χ0n) is 16.5. The third-order valence-electron chi connectivity index (χ3n) is 4.89. The molecule has 2 atom stereocenters. The minimum absolute atomic E-state index is 0.245. The summed E-state index contributed by atoms with van der Waals surface area (Å²) in [5.41, 5.74) is 6.29. The van der Waals surface area contributed by atoms with Gasteiger partial charge in [0.15, 0.2) is 0 Å². The fourth-order valence-corrected chi connectivity index (χ4v) is 3.55. The quantitative estimate of drug-likeness (QED) is 0.538. The normalized spacial score (nSPS) is 25.3. The molecule has 2 rings (SSSR count). The van der Waals surface area contributed by atoms with E-state index in [-0.39, 0.29) is 5.56 Å². The largest absolute Gasteiger partial charge is 0.434 e. The molecule has 29 heavy (non-hydrogen) atoms. The van der Waals surface area contributed by atoms with Crippen LogP contribution in [0.4, 0.5) is 22.0 Å². The van der Waals surface area contributed by atoms with Gasteiger partial charge >= 0.3 is 12.8 Å². The topological polar surface area (TPSA) is 47.6 Å². The van der Waals surface area contributed by atoms with Crippen LogP contribution in [0.3, 0.4) is 0 Å². The van der Waals surface area contributed by atoms with E-state index in [0.717, 1.165) is 6.07 Å². The molecule has 2 unspecified atom stereocenters. The van der Waals surface area contributed by atoms with Gasteiger partial charge < -0.3 is 15.0 Å². The molecule has 0 aromatic heterocycles. The number of hydrogen-bond acceptors (Lipinski definition) is 3. The number of benzene rings is 1. The zero-order chi connectivity index (χ0) is 21.8. The van der Waals surface area contributed by atoms with Crippen molar-refractivity contribution in [2.45, 2.75) is 39.1 Å². The molecule has 0 aliphatic carbocycles. The van der Waals surface area contributed by atoms with Crippen LogP contribution in [0.2, 0.25) is 0 Å². The monoisotopic (exact) mass is 418 g/mol. The van der Waals surface area contributed by atoms with E-state index in [0.29, 0.717) is 41.3 Å². The second-order valence-electron chi connectivity index (χ2n) is 7.36. The van der Waals surface area contributed by atoms with Crippen LogP contribution in [-0.2, 0) is 6.18 Å². The molecule has 0 saturated carbocycles. The molecule has 1 aliphatic rings. The molecule has 4 nitrogen and oxygen atoms in total. The van der Waals surface area contributed by atoms with Crippen molar-refractivity contribution in [1.82, 2.24) is 0 Å². The van der Waals surface area contributed by atoms with Crippen molar-refractivity contribution in [2.24, 2.45) is 10.7 Å². The summed E-state index contributed by atoms with van der Waals surface area (Å²) in [5.74, 6) is -0.491. The van der Waals surface area contributed by atoms with E-state index in [4.69, 9.17) is 5.73 Å². The highest BCUT2D eigenvalue weighted by atomic mass is 19.4. The number of nitrogens with two attached hydrogens (primary N) is 1. The van der Waals surface area contributed by atoms with E-state index in [1.54, 1.807) is 26.3 Å². The summed E-state index contributed by atoms with van der Waals surface area (Å²) >= 11 is 0. The maximum Gasteiger partial charge on any atom is 0.416 e. The van der Waals surface area contributed by atoms with Crippen LogP contribution in [0.25, 0.3) is 0 Å².